The van der Waals surface area contributed by atoms with Crippen LogP contribution in [0.15, 0.2) is 48.5 Å². The van der Waals surface area contributed by atoms with E-state index in [2.05, 4.69) is 10.0 Å². The number of nitrogens with one attached hydrogen (secondary N) is 2. The van der Waals surface area contributed by atoms with Crippen LogP contribution in [0.5, 0.6) is 0 Å². The van der Waals surface area contributed by atoms with Crippen LogP contribution in [0.25, 0.3) is 0 Å². The molecule has 13 heteroatoms. The Labute approximate surface area is 205 Å². The van der Waals surface area contributed by atoms with Crippen molar-refractivity contribution in [2.75, 3.05) is 18.5 Å². The number of likely N-dealkylation sites (N-methyl/N-ethyl adjacent to an activating group) is 1. The molecule has 0 aromatic heterocycles. The molecular weight excluding hydrogens is 509 g/mol. The first kappa shape index (κ1) is 25.4. The number of halogens is 4. The molecule has 188 valence electrons. The van der Waals surface area contributed by atoms with Crippen LogP contribution in [0, 0.1) is 5.82 Å². The van der Waals surface area contributed by atoms with Crippen LogP contribution in [0.1, 0.15) is 24.4 Å². The summed E-state index contributed by atoms with van der Waals surface area (Å²) < 4.78 is 68.5. The van der Waals surface area contributed by atoms with Crippen molar-refractivity contribution >= 4 is 39.3 Å². The first-order valence-electron chi connectivity index (χ1n) is 10.6. The first-order chi connectivity index (χ1) is 16.4. The monoisotopic (exact) mass is 530 g/mol. The molecule has 2 aromatic carbocycles. The minimum atomic E-state index is -3.94. The minimum absolute atomic E-state index is 0.0391. The van der Waals surface area contributed by atoms with E-state index in [1.165, 1.54) is 31.3 Å². The lowest BCUT2D eigenvalue weighted by Gasteiger charge is -2.38. The zero-order valence-corrected chi connectivity index (χ0v) is 20.0. The molecule has 1 unspecified atom stereocenters. The van der Waals surface area contributed by atoms with Crippen LogP contribution in [0.3, 0.4) is 0 Å². The molecule has 4 rings (SSSR count). The van der Waals surface area contributed by atoms with E-state index in [4.69, 9.17) is 11.6 Å². The Kier molecular flexibility index (Phi) is 6.84. The lowest BCUT2D eigenvalue weighted by atomic mass is 9.87. The number of anilines is 1. The number of rotatable bonds is 6. The summed E-state index contributed by atoms with van der Waals surface area (Å²) in [4.78, 5) is 28.1. The Morgan fingerprint density at radius 1 is 1.20 bits per heavy atom. The SMILES string of the molecule is CN1C[C@@H](C(=O)N(c2cccc(F)c2)C(C(=O)NC2CC(F)(F)C2)c2ccccc2Cl)NS1(=O)=O. The number of amides is 2. The molecule has 0 spiro atoms. The van der Waals surface area contributed by atoms with Gasteiger partial charge in [-0.15, -0.1) is 0 Å². The highest BCUT2D eigenvalue weighted by Crippen LogP contribution is 2.39. The van der Waals surface area contributed by atoms with Crippen molar-refractivity contribution in [3.8, 4) is 0 Å². The fraction of sp³-hybridized carbons (Fsp3) is 0.364. The van der Waals surface area contributed by atoms with Gasteiger partial charge in [-0.3, -0.25) is 14.5 Å². The molecule has 2 fully saturated rings. The summed E-state index contributed by atoms with van der Waals surface area (Å²) in [6.07, 6.45) is -1.12. The van der Waals surface area contributed by atoms with Crippen LogP contribution >= 0.6 is 11.6 Å². The number of nitrogens with zero attached hydrogens (tertiary/aromatic N) is 2. The van der Waals surface area contributed by atoms with Gasteiger partial charge in [-0.1, -0.05) is 35.9 Å². The Morgan fingerprint density at radius 2 is 1.89 bits per heavy atom. The van der Waals surface area contributed by atoms with Gasteiger partial charge < -0.3 is 5.32 Å². The summed E-state index contributed by atoms with van der Waals surface area (Å²) in [7, 11) is -2.66. The van der Waals surface area contributed by atoms with Gasteiger partial charge in [0.25, 0.3) is 16.1 Å². The molecule has 2 N–H and O–H groups in total. The summed E-state index contributed by atoms with van der Waals surface area (Å²) in [5.41, 5.74) is 0.118. The van der Waals surface area contributed by atoms with Gasteiger partial charge in [0.1, 0.15) is 17.9 Å². The van der Waals surface area contributed by atoms with E-state index in [0.29, 0.717) is 0 Å². The van der Waals surface area contributed by atoms with Gasteiger partial charge in [-0.2, -0.15) is 17.4 Å². The topological polar surface area (TPSA) is 98.8 Å². The minimum Gasteiger partial charge on any atom is -0.351 e. The lowest BCUT2D eigenvalue weighted by molar-refractivity contribution is -0.133. The molecule has 1 saturated carbocycles. The number of hydrogen-bond donors (Lipinski definition) is 2. The van der Waals surface area contributed by atoms with Crippen LogP contribution < -0.4 is 14.9 Å². The van der Waals surface area contributed by atoms with Gasteiger partial charge in [0.2, 0.25) is 11.8 Å². The molecule has 0 bridgehead atoms. The largest absolute Gasteiger partial charge is 0.351 e. The van der Waals surface area contributed by atoms with E-state index >= 15 is 0 Å². The Balaban J connectivity index is 1.79. The molecule has 8 nitrogen and oxygen atoms in total. The predicted molar refractivity (Wildman–Crippen MR) is 123 cm³/mol. The average Bonchev–Trinajstić information content (AvgIpc) is 3.03. The van der Waals surface area contributed by atoms with Gasteiger partial charge in [-0.05, 0) is 24.3 Å². The van der Waals surface area contributed by atoms with Gasteiger partial charge >= 0.3 is 0 Å². The number of carbonyl (C=O) groups excluding carboxylic acids is 2. The van der Waals surface area contributed by atoms with E-state index in [1.54, 1.807) is 12.1 Å². The maximum Gasteiger partial charge on any atom is 0.280 e. The van der Waals surface area contributed by atoms with Gasteiger partial charge in [0.15, 0.2) is 0 Å². The Hall–Kier alpha value is -2.67. The summed E-state index contributed by atoms with van der Waals surface area (Å²) in [6, 6.07) is 7.36. The number of carbonyl (C=O) groups is 2. The second-order valence-electron chi connectivity index (χ2n) is 8.54. The third-order valence-corrected chi connectivity index (χ3v) is 7.80. The van der Waals surface area contributed by atoms with Crippen molar-refractivity contribution in [3.63, 3.8) is 0 Å². The maximum atomic E-state index is 14.2. The van der Waals surface area contributed by atoms with E-state index in [-0.39, 0.29) is 22.8 Å². The van der Waals surface area contributed by atoms with Crippen LogP contribution in [-0.4, -0.2) is 56.1 Å². The Morgan fingerprint density at radius 3 is 2.46 bits per heavy atom. The Bertz CT molecular complexity index is 1250. The molecular formula is C22H22ClF3N4O4S. The number of benzene rings is 2. The van der Waals surface area contributed by atoms with Crippen LogP contribution in [0.4, 0.5) is 18.9 Å². The first-order valence-corrected chi connectivity index (χ1v) is 12.4. The van der Waals surface area contributed by atoms with Gasteiger partial charge in [0.05, 0.1) is 0 Å². The van der Waals surface area contributed by atoms with Crippen molar-refractivity contribution in [2.24, 2.45) is 0 Å². The fourth-order valence-electron chi connectivity index (χ4n) is 4.13. The second-order valence-corrected chi connectivity index (χ2v) is 10.8. The molecule has 1 heterocycles. The summed E-state index contributed by atoms with van der Waals surface area (Å²) in [5.74, 6) is -5.27. The van der Waals surface area contributed by atoms with E-state index < -0.39 is 64.7 Å². The highest BCUT2D eigenvalue weighted by Gasteiger charge is 2.48. The molecule has 2 atom stereocenters. The van der Waals surface area contributed by atoms with E-state index in [0.717, 1.165) is 21.3 Å². The summed E-state index contributed by atoms with van der Waals surface area (Å²) >= 11 is 6.36. The van der Waals surface area contributed by atoms with Crippen LogP contribution in [0.2, 0.25) is 5.02 Å². The zero-order valence-electron chi connectivity index (χ0n) is 18.4. The molecule has 2 aromatic rings. The second kappa shape index (κ2) is 9.41. The quantitative estimate of drug-likeness (QED) is 0.600. The van der Waals surface area contributed by atoms with Crippen molar-refractivity contribution in [3.05, 3.63) is 64.9 Å². The number of hydrogen-bond acceptors (Lipinski definition) is 4. The zero-order chi connectivity index (χ0) is 25.5. The predicted octanol–water partition coefficient (Wildman–Crippen LogP) is 2.62. The molecule has 35 heavy (non-hydrogen) atoms. The number of alkyl halides is 2. The molecule has 2 amide bonds. The molecule has 1 saturated heterocycles. The molecule has 1 aliphatic carbocycles. The van der Waals surface area contributed by atoms with E-state index in [9.17, 15) is 31.2 Å². The van der Waals surface area contributed by atoms with Gasteiger partial charge in [0, 0.05) is 48.7 Å². The van der Waals surface area contributed by atoms with Crippen molar-refractivity contribution in [1.29, 1.82) is 0 Å². The van der Waals surface area contributed by atoms with Crippen LogP contribution in [-0.2, 0) is 19.8 Å². The fourth-order valence-corrected chi connectivity index (χ4v) is 5.43. The summed E-state index contributed by atoms with van der Waals surface area (Å²) in [5, 5.41) is 2.62. The molecule has 2 aliphatic rings. The van der Waals surface area contributed by atoms with Gasteiger partial charge in [-0.25, -0.2) is 13.2 Å². The third kappa shape index (κ3) is 5.30. The maximum absolute atomic E-state index is 14.2. The van der Waals surface area contributed by atoms with Crippen molar-refractivity contribution in [1.82, 2.24) is 14.3 Å². The van der Waals surface area contributed by atoms with Crippen molar-refractivity contribution in [2.45, 2.75) is 36.9 Å². The van der Waals surface area contributed by atoms with E-state index in [1.807, 2.05) is 0 Å². The third-order valence-electron chi connectivity index (χ3n) is 5.91. The smallest absolute Gasteiger partial charge is 0.280 e. The highest BCUT2D eigenvalue weighted by atomic mass is 35.5. The standard InChI is InChI=1S/C22H22ClF3N4O4S/c1-29-12-18(28-35(29,33)34)21(32)30(15-6-4-5-13(24)9-15)19(16-7-2-3-8-17(16)23)20(31)27-14-10-22(25,26)11-14/h2-9,14,18-19,28H,10-12H2,1H3,(H,27,31)/t18-,19?/m0/s1. The normalized spacial score (nSPS) is 22.3. The molecule has 0 radical (unpaired) electrons. The molecule has 1 aliphatic heterocycles. The summed E-state index contributed by atoms with van der Waals surface area (Å²) in [6.45, 7) is -0.237. The highest BCUT2D eigenvalue weighted by molar-refractivity contribution is 7.87. The lowest BCUT2D eigenvalue weighted by Crippen LogP contribution is -2.56. The average molecular weight is 531 g/mol. The van der Waals surface area contributed by atoms with Crippen molar-refractivity contribution < 1.29 is 31.2 Å².